The standard InChI is InChI=1S/C9H17NO/c1-11-9(6-10-7-9)5-8-3-2-4-8/h8,10H,2-7H2,1H3. The average Bonchev–Trinajstić information content (AvgIpc) is 1.83. The van der Waals surface area contributed by atoms with Gasteiger partial charge in [-0.15, -0.1) is 0 Å². The maximum atomic E-state index is 5.52. The lowest BCUT2D eigenvalue weighted by molar-refractivity contribution is -0.0744. The molecule has 1 aliphatic heterocycles. The first-order valence-corrected chi connectivity index (χ1v) is 4.60. The highest BCUT2D eigenvalue weighted by molar-refractivity contribution is 4.96. The van der Waals surface area contributed by atoms with Gasteiger partial charge in [-0.1, -0.05) is 19.3 Å². The molecule has 1 heterocycles. The first-order chi connectivity index (χ1) is 5.35. The van der Waals surface area contributed by atoms with Gasteiger partial charge in [-0.2, -0.15) is 0 Å². The third kappa shape index (κ3) is 1.30. The van der Waals surface area contributed by atoms with E-state index in [0.29, 0.717) is 0 Å². The summed E-state index contributed by atoms with van der Waals surface area (Å²) in [6.45, 7) is 2.14. The average molecular weight is 155 g/mol. The largest absolute Gasteiger partial charge is 0.376 e. The van der Waals surface area contributed by atoms with Crippen LogP contribution in [0.25, 0.3) is 0 Å². The predicted octanol–water partition coefficient (Wildman–Crippen LogP) is 1.17. The van der Waals surface area contributed by atoms with Gasteiger partial charge in [0, 0.05) is 20.2 Å². The molecule has 2 aliphatic rings. The molecule has 0 aromatic heterocycles. The van der Waals surface area contributed by atoms with Crippen molar-refractivity contribution in [3.63, 3.8) is 0 Å². The minimum atomic E-state index is 0.227. The number of rotatable bonds is 3. The third-order valence-electron chi connectivity index (χ3n) is 3.21. The lowest BCUT2D eigenvalue weighted by Crippen LogP contribution is -2.61. The normalized spacial score (nSPS) is 29.2. The molecule has 0 bridgehead atoms. The van der Waals surface area contributed by atoms with Gasteiger partial charge >= 0.3 is 0 Å². The zero-order valence-electron chi connectivity index (χ0n) is 7.23. The van der Waals surface area contributed by atoms with Crippen LogP contribution in [-0.4, -0.2) is 25.8 Å². The van der Waals surface area contributed by atoms with Crippen molar-refractivity contribution in [3.8, 4) is 0 Å². The van der Waals surface area contributed by atoms with Gasteiger partial charge in [0.1, 0.15) is 0 Å². The molecule has 0 amide bonds. The second kappa shape index (κ2) is 2.76. The summed E-state index contributed by atoms with van der Waals surface area (Å²) in [5.41, 5.74) is 0.227. The Balaban J connectivity index is 1.81. The Morgan fingerprint density at radius 1 is 1.45 bits per heavy atom. The molecule has 1 saturated heterocycles. The third-order valence-corrected chi connectivity index (χ3v) is 3.21. The van der Waals surface area contributed by atoms with Crippen molar-refractivity contribution in [2.45, 2.75) is 31.3 Å². The minimum Gasteiger partial charge on any atom is -0.376 e. The van der Waals surface area contributed by atoms with Gasteiger partial charge in [-0.3, -0.25) is 0 Å². The van der Waals surface area contributed by atoms with Gasteiger partial charge in [0.25, 0.3) is 0 Å². The van der Waals surface area contributed by atoms with Gasteiger partial charge in [0.15, 0.2) is 0 Å². The summed E-state index contributed by atoms with van der Waals surface area (Å²) in [5.74, 6) is 0.969. The number of nitrogens with one attached hydrogen (secondary N) is 1. The number of hydrogen-bond donors (Lipinski definition) is 1. The second-order valence-electron chi connectivity index (χ2n) is 3.99. The quantitative estimate of drug-likeness (QED) is 0.660. The van der Waals surface area contributed by atoms with Crippen LogP contribution in [0.1, 0.15) is 25.7 Å². The van der Waals surface area contributed by atoms with E-state index in [1.54, 1.807) is 0 Å². The molecule has 0 atom stereocenters. The molecule has 0 aromatic rings. The van der Waals surface area contributed by atoms with E-state index in [1.165, 1.54) is 25.7 Å². The van der Waals surface area contributed by atoms with Crippen LogP contribution in [0.3, 0.4) is 0 Å². The summed E-state index contributed by atoms with van der Waals surface area (Å²) in [7, 11) is 1.85. The summed E-state index contributed by atoms with van der Waals surface area (Å²) in [5, 5.41) is 3.28. The van der Waals surface area contributed by atoms with Crippen molar-refractivity contribution in [1.29, 1.82) is 0 Å². The summed E-state index contributed by atoms with van der Waals surface area (Å²) in [6.07, 6.45) is 5.60. The summed E-state index contributed by atoms with van der Waals surface area (Å²) < 4.78 is 5.52. The molecule has 0 spiro atoms. The summed E-state index contributed by atoms with van der Waals surface area (Å²) in [4.78, 5) is 0. The molecular weight excluding hydrogens is 138 g/mol. The first-order valence-electron chi connectivity index (χ1n) is 4.60. The molecule has 1 saturated carbocycles. The highest BCUT2D eigenvalue weighted by Gasteiger charge is 2.40. The molecule has 2 heteroatoms. The van der Waals surface area contributed by atoms with E-state index in [4.69, 9.17) is 4.74 Å². The lowest BCUT2D eigenvalue weighted by Gasteiger charge is -2.45. The summed E-state index contributed by atoms with van der Waals surface area (Å²) >= 11 is 0. The molecule has 64 valence electrons. The molecule has 2 rings (SSSR count). The zero-order chi connectivity index (χ0) is 7.73. The van der Waals surface area contributed by atoms with Crippen molar-refractivity contribution < 1.29 is 4.74 Å². The minimum absolute atomic E-state index is 0.227. The highest BCUT2D eigenvalue weighted by Crippen LogP contribution is 2.36. The molecule has 2 nitrogen and oxygen atoms in total. The Bertz CT molecular complexity index is 133. The van der Waals surface area contributed by atoms with Gasteiger partial charge in [0.2, 0.25) is 0 Å². The molecule has 0 aromatic carbocycles. The number of hydrogen-bond acceptors (Lipinski definition) is 2. The van der Waals surface area contributed by atoms with Crippen LogP contribution in [0.4, 0.5) is 0 Å². The van der Waals surface area contributed by atoms with Crippen LogP contribution < -0.4 is 5.32 Å². The Morgan fingerprint density at radius 2 is 2.18 bits per heavy atom. The molecule has 1 N–H and O–H groups in total. The fourth-order valence-corrected chi connectivity index (χ4v) is 2.00. The van der Waals surface area contributed by atoms with Crippen molar-refractivity contribution >= 4 is 0 Å². The van der Waals surface area contributed by atoms with E-state index >= 15 is 0 Å². The zero-order valence-corrected chi connectivity index (χ0v) is 7.23. The van der Waals surface area contributed by atoms with E-state index < -0.39 is 0 Å². The van der Waals surface area contributed by atoms with E-state index in [0.717, 1.165) is 19.0 Å². The molecule has 1 aliphatic carbocycles. The first kappa shape index (κ1) is 7.56. The van der Waals surface area contributed by atoms with Crippen molar-refractivity contribution in [1.82, 2.24) is 5.32 Å². The van der Waals surface area contributed by atoms with Gasteiger partial charge in [0.05, 0.1) is 5.60 Å². The highest BCUT2D eigenvalue weighted by atomic mass is 16.5. The molecule has 11 heavy (non-hydrogen) atoms. The van der Waals surface area contributed by atoms with Crippen LogP contribution in [0, 0.1) is 5.92 Å². The fraction of sp³-hybridized carbons (Fsp3) is 1.00. The molecule has 2 fully saturated rings. The Morgan fingerprint density at radius 3 is 2.45 bits per heavy atom. The lowest BCUT2D eigenvalue weighted by atomic mass is 9.75. The van der Waals surface area contributed by atoms with E-state index in [-0.39, 0.29) is 5.60 Å². The van der Waals surface area contributed by atoms with Crippen LogP contribution in [0.2, 0.25) is 0 Å². The predicted molar refractivity (Wildman–Crippen MR) is 44.6 cm³/mol. The van der Waals surface area contributed by atoms with Crippen LogP contribution in [-0.2, 0) is 4.74 Å². The molecule has 0 radical (unpaired) electrons. The van der Waals surface area contributed by atoms with Crippen LogP contribution in [0.5, 0.6) is 0 Å². The number of ether oxygens (including phenoxy) is 1. The molecular formula is C9H17NO. The van der Waals surface area contributed by atoms with Gasteiger partial charge in [-0.25, -0.2) is 0 Å². The molecule has 0 unspecified atom stereocenters. The smallest absolute Gasteiger partial charge is 0.0928 e. The van der Waals surface area contributed by atoms with Crippen molar-refractivity contribution in [3.05, 3.63) is 0 Å². The van der Waals surface area contributed by atoms with Crippen LogP contribution in [0.15, 0.2) is 0 Å². The monoisotopic (exact) mass is 155 g/mol. The SMILES string of the molecule is COC1(CC2CCC2)CNC1. The fourth-order valence-electron chi connectivity index (χ4n) is 2.00. The maximum Gasteiger partial charge on any atom is 0.0928 e. The second-order valence-corrected chi connectivity index (χ2v) is 3.99. The Hall–Kier alpha value is -0.0800. The van der Waals surface area contributed by atoms with E-state index in [1.807, 2.05) is 7.11 Å². The van der Waals surface area contributed by atoms with Crippen LogP contribution >= 0.6 is 0 Å². The van der Waals surface area contributed by atoms with Gasteiger partial charge in [-0.05, 0) is 12.3 Å². The summed E-state index contributed by atoms with van der Waals surface area (Å²) in [6, 6.07) is 0. The Labute approximate surface area is 68.3 Å². The maximum absolute atomic E-state index is 5.52. The van der Waals surface area contributed by atoms with Crippen molar-refractivity contribution in [2.75, 3.05) is 20.2 Å². The van der Waals surface area contributed by atoms with E-state index in [9.17, 15) is 0 Å². The Kier molecular flexibility index (Phi) is 1.90. The van der Waals surface area contributed by atoms with Crippen molar-refractivity contribution in [2.24, 2.45) is 5.92 Å². The topological polar surface area (TPSA) is 21.3 Å². The van der Waals surface area contributed by atoms with E-state index in [2.05, 4.69) is 5.32 Å². The number of methoxy groups -OCH3 is 1. The van der Waals surface area contributed by atoms with Gasteiger partial charge < -0.3 is 10.1 Å².